The number of hydrogen-bond donors (Lipinski definition) is 2. The van der Waals surface area contributed by atoms with E-state index in [0.29, 0.717) is 24.5 Å². The Morgan fingerprint density at radius 1 is 1.05 bits per heavy atom. The molecule has 3 aliphatic rings. The van der Waals surface area contributed by atoms with Gasteiger partial charge in [-0.25, -0.2) is 0 Å². The summed E-state index contributed by atoms with van der Waals surface area (Å²) in [5.41, 5.74) is 0. The SMILES string of the molecule is O=C(CC1CC2CCC1C2)NC1CCC(CO)CC1. The molecule has 0 spiro atoms. The van der Waals surface area contributed by atoms with Crippen LogP contribution in [0.3, 0.4) is 0 Å². The van der Waals surface area contributed by atoms with Crippen molar-refractivity contribution in [3.05, 3.63) is 0 Å². The minimum absolute atomic E-state index is 0.282. The molecule has 3 aliphatic carbocycles. The van der Waals surface area contributed by atoms with Crippen molar-refractivity contribution in [2.75, 3.05) is 6.61 Å². The molecule has 3 heteroatoms. The van der Waals surface area contributed by atoms with Crippen molar-refractivity contribution in [3.8, 4) is 0 Å². The lowest BCUT2D eigenvalue weighted by Gasteiger charge is -2.29. The lowest BCUT2D eigenvalue weighted by Crippen LogP contribution is -2.39. The molecular weight excluding hydrogens is 238 g/mol. The van der Waals surface area contributed by atoms with E-state index in [9.17, 15) is 4.79 Å². The molecule has 3 rings (SSSR count). The van der Waals surface area contributed by atoms with Crippen molar-refractivity contribution >= 4 is 5.91 Å². The summed E-state index contributed by atoms with van der Waals surface area (Å²) >= 11 is 0. The van der Waals surface area contributed by atoms with Gasteiger partial charge in [-0.05, 0) is 68.6 Å². The maximum atomic E-state index is 12.1. The average molecular weight is 265 g/mol. The molecule has 3 atom stereocenters. The van der Waals surface area contributed by atoms with E-state index in [1.54, 1.807) is 0 Å². The Kier molecular flexibility index (Phi) is 4.11. The molecule has 0 radical (unpaired) electrons. The third-order valence-electron chi connectivity index (χ3n) is 5.80. The van der Waals surface area contributed by atoms with Crippen LogP contribution in [0.15, 0.2) is 0 Å². The standard InChI is InChI=1S/C16H27NO2/c18-10-11-2-5-15(6-3-11)17-16(19)9-14-8-12-1-4-13(14)7-12/h11-15,18H,1-10H2,(H,17,19). The zero-order valence-corrected chi connectivity index (χ0v) is 11.8. The van der Waals surface area contributed by atoms with Gasteiger partial charge in [0.2, 0.25) is 5.91 Å². The average Bonchev–Trinajstić information content (AvgIpc) is 3.02. The van der Waals surface area contributed by atoms with Crippen LogP contribution in [0.2, 0.25) is 0 Å². The molecule has 1 amide bonds. The summed E-state index contributed by atoms with van der Waals surface area (Å²) in [6.07, 6.45) is 10.5. The van der Waals surface area contributed by atoms with Crippen molar-refractivity contribution in [2.45, 2.75) is 63.8 Å². The van der Waals surface area contributed by atoms with Gasteiger partial charge >= 0.3 is 0 Å². The lowest BCUT2D eigenvalue weighted by molar-refractivity contribution is -0.123. The molecular formula is C16H27NO2. The van der Waals surface area contributed by atoms with Crippen LogP contribution in [0.1, 0.15) is 57.8 Å². The first kappa shape index (κ1) is 13.4. The lowest BCUT2D eigenvalue weighted by atomic mass is 9.85. The Bertz CT molecular complexity index is 323. The molecule has 2 bridgehead atoms. The molecule has 3 saturated carbocycles. The minimum Gasteiger partial charge on any atom is -0.396 e. The maximum Gasteiger partial charge on any atom is 0.220 e. The van der Waals surface area contributed by atoms with E-state index in [1.807, 2.05) is 0 Å². The summed E-state index contributed by atoms with van der Waals surface area (Å²) in [7, 11) is 0. The summed E-state index contributed by atoms with van der Waals surface area (Å²) in [6.45, 7) is 0.311. The van der Waals surface area contributed by atoms with Gasteiger partial charge in [-0.2, -0.15) is 0 Å². The van der Waals surface area contributed by atoms with E-state index in [2.05, 4.69) is 5.32 Å². The van der Waals surface area contributed by atoms with Crippen LogP contribution in [-0.2, 0) is 4.79 Å². The smallest absolute Gasteiger partial charge is 0.220 e. The topological polar surface area (TPSA) is 49.3 Å². The Balaban J connectivity index is 1.40. The molecule has 0 saturated heterocycles. The number of hydrogen-bond acceptors (Lipinski definition) is 2. The molecule has 0 heterocycles. The van der Waals surface area contributed by atoms with Gasteiger partial charge in [0.1, 0.15) is 0 Å². The van der Waals surface area contributed by atoms with Crippen LogP contribution in [0.5, 0.6) is 0 Å². The van der Waals surface area contributed by atoms with Crippen molar-refractivity contribution in [1.82, 2.24) is 5.32 Å². The van der Waals surface area contributed by atoms with Gasteiger partial charge in [0.25, 0.3) is 0 Å². The quantitative estimate of drug-likeness (QED) is 0.820. The Hall–Kier alpha value is -0.570. The zero-order chi connectivity index (χ0) is 13.2. The third-order valence-corrected chi connectivity index (χ3v) is 5.80. The van der Waals surface area contributed by atoms with Gasteiger partial charge in [0.05, 0.1) is 0 Å². The van der Waals surface area contributed by atoms with E-state index < -0.39 is 0 Å². The number of nitrogens with one attached hydrogen (secondary N) is 1. The summed E-state index contributed by atoms with van der Waals surface area (Å²) in [6, 6.07) is 0.369. The fourth-order valence-corrected chi connectivity index (χ4v) is 4.64. The van der Waals surface area contributed by atoms with Crippen LogP contribution in [-0.4, -0.2) is 23.7 Å². The van der Waals surface area contributed by atoms with Gasteiger partial charge in [0, 0.05) is 19.1 Å². The molecule has 3 unspecified atom stereocenters. The van der Waals surface area contributed by atoms with Crippen LogP contribution in [0, 0.1) is 23.7 Å². The van der Waals surface area contributed by atoms with Gasteiger partial charge in [-0.15, -0.1) is 0 Å². The van der Waals surface area contributed by atoms with Gasteiger partial charge < -0.3 is 10.4 Å². The maximum absolute atomic E-state index is 12.1. The number of rotatable bonds is 4. The number of carbonyl (C=O) groups excluding carboxylic acids is 1. The Morgan fingerprint density at radius 3 is 2.42 bits per heavy atom. The fraction of sp³-hybridized carbons (Fsp3) is 0.938. The first-order valence-electron chi connectivity index (χ1n) is 8.14. The third kappa shape index (κ3) is 3.13. The zero-order valence-electron chi connectivity index (χ0n) is 11.8. The largest absolute Gasteiger partial charge is 0.396 e. The van der Waals surface area contributed by atoms with E-state index >= 15 is 0 Å². The van der Waals surface area contributed by atoms with Crippen LogP contribution >= 0.6 is 0 Å². The second-order valence-corrected chi connectivity index (χ2v) is 7.11. The van der Waals surface area contributed by atoms with Gasteiger partial charge in [0.15, 0.2) is 0 Å². The molecule has 19 heavy (non-hydrogen) atoms. The highest BCUT2D eigenvalue weighted by atomic mass is 16.3. The van der Waals surface area contributed by atoms with Crippen molar-refractivity contribution in [1.29, 1.82) is 0 Å². The predicted octanol–water partition coefficient (Wildman–Crippen LogP) is 2.48. The molecule has 0 aromatic carbocycles. The first-order valence-corrected chi connectivity index (χ1v) is 8.14. The summed E-state index contributed by atoms with van der Waals surface area (Å²) in [5.74, 6) is 3.21. The highest BCUT2D eigenvalue weighted by molar-refractivity contribution is 5.76. The highest BCUT2D eigenvalue weighted by Gasteiger charge is 2.40. The normalized spacial score (nSPS) is 41.4. The van der Waals surface area contributed by atoms with Crippen molar-refractivity contribution in [3.63, 3.8) is 0 Å². The van der Waals surface area contributed by atoms with Crippen LogP contribution in [0.25, 0.3) is 0 Å². The van der Waals surface area contributed by atoms with E-state index in [0.717, 1.165) is 43.9 Å². The van der Waals surface area contributed by atoms with Crippen LogP contribution < -0.4 is 5.32 Å². The molecule has 108 valence electrons. The van der Waals surface area contributed by atoms with Gasteiger partial charge in [-0.1, -0.05) is 6.42 Å². The number of carbonyl (C=O) groups is 1. The molecule has 3 fully saturated rings. The highest BCUT2D eigenvalue weighted by Crippen LogP contribution is 2.49. The van der Waals surface area contributed by atoms with Gasteiger partial charge in [-0.3, -0.25) is 4.79 Å². The monoisotopic (exact) mass is 265 g/mol. The number of aliphatic hydroxyl groups excluding tert-OH is 1. The van der Waals surface area contributed by atoms with Crippen LogP contribution in [0.4, 0.5) is 0 Å². The molecule has 0 aromatic heterocycles. The Morgan fingerprint density at radius 2 is 1.84 bits per heavy atom. The minimum atomic E-state index is 0.282. The fourth-order valence-electron chi connectivity index (χ4n) is 4.64. The van der Waals surface area contributed by atoms with Crippen molar-refractivity contribution in [2.24, 2.45) is 23.7 Å². The van der Waals surface area contributed by atoms with E-state index in [1.165, 1.54) is 25.7 Å². The summed E-state index contributed by atoms with van der Waals surface area (Å²) < 4.78 is 0. The van der Waals surface area contributed by atoms with Crippen molar-refractivity contribution < 1.29 is 9.90 Å². The molecule has 3 nitrogen and oxygen atoms in total. The van der Waals surface area contributed by atoms with E-state index in [-0.39, 0.29) is 5.91 Å². The first-order chi connectivity index (χ1) is 9.24. The molecule has 0 aliphatic heterocycles. The molecule has 2 N–H and O–H groups in total. The number of aliphatic hydroxyl groups is 1. The molecule has 0 aromatic rings. The summed E-state index contributed by atoms with van der Waals surface area (Å²) in [5, 5.41) is 12.4. The Labute approximate surface area is 116 Å². The second-order valence-electron chi connectivity index (χ2n) is 7.11. The second kappa shape index (κ2) is 5.82. The predicted molar refractivity (Wildman–Crippen MR) is 74.5 cm³/mol. The number of amides is 1. The summed E-state index contributed by atoms with van der Waals surface area (Å²) in [4.78, 5) is 12.1. The number of fused-ring (bicyclic) bond motifs is 2. The van der Waals surface area contributed by atoms with E-state index in [4.69, 9.17) is 5.11 Å².